The van der Waals surface area contributed by atoms with Crippen LogP contribution in [0.5, 0.6) is 11.5 Å². The zero-order valence-electron chi connectivity index (χ0n) is 10.2. The van der Waals surface area contributed by atoms with Gasteiger partial charge in [-0.1, -0.05) is 18.2 Å². The number of aromatic nitrogens is 1. The summed E-state index contributed by atoms with van der Waals surface area (Å²) in [6.45, 7) is 0.306. The van der Waals surface area contributed by atoms with E-state index in [1.807, 2.05) is 18.2 Å². The topological polar surface area (TPSA) is 51.6 Å². The summed E-state index contributed by atoms with van der Waals surface area (Å²) in [5, 5.41) is 9.29. The van der Waals surface area contributed by atoms with Gasteiger partial charge < -0.3 is 14.6 Å². The SMILES string of the molecule is COc1cccc(CO)c1OCc1cccnc1. The minimum Gasteiger partial charge on any atom is -0.493 e. The minimum atomic E-state index is -0.0838. The zero-order chi connectivity index (χ0) is 12.8. The lowest BCUT2D eigenvalue weighted by atomic mass is 10.2. The third-order valence-corrected chi connectivity index (χ3v) is 2.56. The van der Waals surface area contributed by atoms with Crippen molar-refractivity contribution in [3.8, 4) is 11.5 Å². The summed E-state index contributed by atoms with van der Waals surface area (Å²) in [5.41, 5.74) is 1.67. The van der Waals surface area contributed by atoms with Crippen LogP contribution in [0.3, 0.4) is 0 Å². The highest BCUT2D eigenvalue weighted by Crippen LogP contribution is 2.31. The van der Waals surface area contributed by atoms with Crippen molar-refractivity contribution in [2.75, 3.05) is 7.11 Å². The molecule has 0 aliphatic carbocycles. The molecule has 0 spiro atoms. The Morgan fingerprint density at radius 1 is 1.22 bits per heavy atom. The predicted molar refractivity (Wildman–Crippen MR) is 67.5 cm³/mol. The highest BCUT2D eigenvalue weighted by molar-refractivity contribution is 5.46. The highest BCUT2D eigenvalue weighted by atomic mass is 16.5. The molecule has 0 saturated carbocycles. The number of hydrogen-bond donors (Lipinski definition) is 1. The molecule has 0 aliphatic heterocycles. The lowest BCUT2D eigenvalue weighted by Crippen LogP contribution is -2.01. The van der Waals surface area contributed by atoms with Crippen LogP contribution in [0, 0.1) is 0 Å². The molecule has 0 saturated heterocycles. The molecule has 0 aliphatic rings. The number of para-hydroxylation sites is 1. The van der Waals surface area contributed by atoms with Crippen molar-refractivity contribution in [3.63, 3.8) is 0 Å². The molecular weight excluding hydrogens is 230 g/mol. The second kappa shape index (κ2) is 6.02. The van der Waals surface area contributed by atoms with Crippen LogP contribution in [0.1, 0.15) is 11.1 Å². The Bertz CT molecular complexity index is 477. The van der Waals surface area contributed by atoms with E-state index in [0.717, 1.165) is 5.56 Å². The molecule has 4 heteroatoms. The second-order valence-corrected chi connectivity index (χ2v) is 3.76. The molecule has 1 aromatic heterocycles. The third-order valence-electron chi connectivity index (χ3n) is 2.56. The summed E-state index contributed by atoms with van der Waals surface area (Å²) in [4.78, 5) is 4.02. The number of aliphatic hydroxyl groups excluding tert-OH is 1. The smallest absolute Gasteiger partial charge is 0.167 e. The molecule has 2 rings (SSSR count). The number of pyridine rings is 1. The van der Waals surface area contributed by atoms with Crippen LogP contribution >= 0.6 is 0 Å². The molecule has 0 unspecified atom stereocenters. The zero-order valence-corrected chi connectivity index (χ0v) is 10.2. The Kier molecular flexibility index (Phi) is 4.15. The molecule has 0 bridgehead atoms. The number of hydrogen-bond acceptors (Lipinski definition) is 4. The molecule has 0 fully saturated rings. The molecule has 1 N–H and O–H groups in total. The monoisotopic (exact) mass is 245 g/mol. The van der Waals surface area contributed by atoms with Crippen molar-refractivity contribution < 1.29 is 14.6 Å². The van der Waals surface area contributed by atoms with E-state index in [2.05, 4.69) is 4.98 Å². The maximum atomic E-state index is 9.29. The van der Waals surface area contributed by atoms with Crippen molar-refractivity contribution in [1.29, 1.82) is 0 Å². The molecule has 0 radical (unpaired) electrons. The average Bonchev–Trinajstić information content (AvgIpc) is 2.45. The van der Waals surface area contributed by atoms with Gasteiger partial charge in [0.05, 0.1) is 13.7 Å². The molecule has 4 nitrogen and oxygen atoms in total. The molecular formula is C14H15NO3. The molecule has 0 amide bonds. The summed E-state index contributed by atoms with van der Waals surface area (Å²) in [7, 11) is 1.58. The molecule has 1 heterocycles. The standard InChI is InChI=1S/C14H15NO3/c1-17-13-6-2-5-12(9-16)14(13)18-10-11-4-3-7-15-8-11/h2-8,16H,9-10H2,1H3. The van der Waals surface area contributed by atoms with Crippen LogP contribution in [-0.2, 0) is 13.2 Å². The van der Waals surface area contributed by atoms with Gasteiger partial charge in [0.1, 0.15) is 6.61 Å². The van der Waals surface area contributed by atoms with Gasteiger partial charge in [0.2, 0.25) is 0 Å². The Morgan fingerprint density at radius 3 is 2.78 bits per heavy atom. The van der Waals surface area contributed by atoms with Crippen LogP contribution in [0.15, 0.2) is 42.7 Å². The van der Waals surface area contributed by atoms with Gasteiger partial charge in [0, 0.05) is 23.5 Å². The van der Waals surface area contributed by atoms with E-state index in [9.17, 15) is 5.11 Å². The number of methoxy groups -OCH3 is 1. The first-order valence-corrected chi connectivity index (χ1v) is 5.63. The van der Waals surface area contributed by atoms with E-state index < -0.39 is 0 Å². The summed E-state index contributed by atoms with van der Waals surface area (Å²) in [5.74, 6) is 1.19. The van der Waals surface area contributed by atoms with E-state index in [1.165, 1.54) is 0 Å². The van der Waals surface area contributed by atoms with Crippen molar-refractivity contribution in [1.82, 2.24) is 4.98 Å². The maximum Gasteiger partial charge on any atom is 0.167 e. The van der Waals surface area contributed by atoms with Crippen LogP contribution in [0.25, 0.3) is 0 Å². The summed E-state index contributed by atoms with van der Waals surface area (Å²) in [6, 6.07) is 9.22. The normalized spacial score (nSPS) is 10.1. The van der Waals surface area contributed by atoms with Crippen molar-refractivity contribution in [3.05, 3.63) is 53.9 Å². The van der Waals surface area contributed by atoms with Gasteiger partial charge in [-0.2, -0.15) is 0 Å². The Hall–Kier alpha value is -2.07. The first-order chi connectivity index (χ1) is 8.85. The van der Waals surface area contributed by atoms with Crippen LogP contribution in [-0.4, -0.2) is 17.2 Å². The fraction of sp³-hybridized carbons (Fsp3) is 0.214. The summed E-state index contributed by atoms with van der Waals surface area (Å²) >= 11 is 0. The van der Waals surface area contributed by atoms with Crippen LogP contribution < -0.4 is 9.47 Å². The number of aliphatic hydroxyl groups is 1. The van der Waals surface area contributed by atoms with Crippen molar-refractivity contribution in [2.24, 2.45) is 0 Å². The van der Waals surface area contributed by atoms with Gasteiger partial charge in [-0.3, -0.25) is 4.98 Å². The van der Waals surface area contributed by atoms with Crippen molar-refractivity contribution in [2.45, 2.75) is 13.2 Å². The molecule has 18 heavy (non-hydrogen) atoms. The lowest BCUT2D eigenvalue weighted by molar-refractivity contribution is 0.249. The van der Waals surface area contributed by atoms with E-state index >= 15 is 0 Å². The summed E-state index contributed by atoms with van der Waals surface area (Å²) < 4.78 is 10.9. The third kappa shape index (κ3) is 2.78. The minimum absolute atomic E-state index is 0.0838. The molecule has 1 aromatic carbocycles. The predicted octanol–water partition coefficient (Wildman–Crippen LogP) is 2.16. The highest BCUT2D eigenvalue weighted by Gasteiger charge is 2.09. The first kappa shape index (κ1) is 12.4. The quantitative estimate of drug-likeness (QED) is 0.877. The molecule has 2 aromatic rings. The number of ether oxygens (including phenoxy) is 2. The average molecular weight is 245 g/mol. The first-order valence-electron chi connectivity index (χ1n) is 5.63. The molecule has 0 atom stereocenters. The second-order valence-electron chi connectivity index (χ2n) is 3.76. The summed E-state index contributed by atoms with van der Waals surface area (Å²) in [6.07, 6.45) is 3.46. The van der Waals surface area contributed by atoms with Gasteiger partial charge >= 0.3 is 0 Å². The Labute approximate surface area is 106 Å². The number of rotatable bonds is 5. The fourth-order valence-corrected chi connectivity index (χ4v) is 1.65. The van der Waals surface area contributed by atoms with E-state index in [-0.39, 0.29) is 6.61 Å². The van der Waals surface area contributed by atoms with Gasteiger partial charge in [-0.25, -0.2) is 0 Å². The fourth-order valence-electron chi connectivity index (χ4n) is 1.65. The van der Waals surface area contributed by atoms with Gasteiger partial charge in [-0.05, 0) is 12.1 Å². The number of benzene rings is 1. The van der Waals surface area contributed by atoms with Gasteiger partial charge in [0.15, 0.2) is 11.5 Å². The maximum absolute atomic E-state index is 9.29. The van der Waals surface area contributed by atoms with E-state index in [0.29, 0.717) is 23.7 Å². The van der Waals surface area contributed by atoms with E-state index in [1.54, 1.807) is 31.6 Å². The largest absolute Gasteiger partial charge is 0.493 e. The van der Waals surface area contributed by atoms with Crippen molar-refractivity contribution >= 4 is 0 Å². The van der Waals surface area contributed by atoms with Crippen LogP contribution in [0.2, 0.25) is 0 Å². The Balaban J connectivity index is 2.17. The van der Waals surface area contributed by atoms with E-state index in [4.69, 9.17) is 9.47 Å². The van der Waals surface area contributed by atoms with Gasteiger partial charge in [0.25, 0.3) is 0 Å². The molecule has 94 valence electrons. The van der Waals surface area contributed by atoms with Crippen LogP contribution in [0.4, 0.5) is 0 Å². The number of nitrogens with zero attached hydrogens (tertiary/aromatic N) is 1. The van der Waals surface area contributed by atoms with Gasteiger partial charge in [-0.15, -0.1) is 0 Å². The lowest BCUT2D eigenvalue weighted by Gasteiger charge is -2.13. The Morgan fingerprint density at radius 2 is 2.11 bits per heavy atom.